The van der Waals surface area contributed by atoms with Crippen LogP contribution in [0.4, 0.5) is 8.78 Å². The van der Waals surface area contributed by atoms with Gasteiger partial charge in [0.15, 0.2) is 0 Å². The summed E-state index contributed by atoms with van der Waals surface area (Å²) in [5, 5.41) is 0. The highest BCUT2D eigenvalue weighted by Gasteiger charge is 2.41. The topological polar surface area (TPSA) is 59.1 Å². The van der Waals surface area contributed by atoms with Crippen LogP contribution in [0.3, 0.4) is 0 Å². The number of hydrogen-bond donors (Lipinski definition) is 0. The Bertz CT molecular complexity index is 951. The number of amides is 2. The van der Waals surface area contributed by atoms with Gasteiger partial charge < -0.3 is 14.4 Å². The molecule has 1 aliphatic heterocycles. The molecule has 0 fully saturated rings. The fraction of sp³-hybridized carbons (Fsp3) is 0.304. The van der Waals surface area contributed by atoms with Crippen molar-refractivity contribution in [2.24, 2.45) is 0 Å². The highest BCUT2D eigenvalue weighted by molar-refractivity contribution is 6.35. The van der Waals surface area contributed by atoms with Gasteiger partial charge in [-0.15, -0.1) is 0 Å². The van der Waals surface area contributed by atoms with Crippen LogP contribution in [0, 0.1) is 11.6 Å². The molecule has 0 unspecified atom stereocenters. The minimum atomic E-state index is -0.490. The summed E-state index contributed by atoms with van der Waals surface area (Å²) in [6.45, 7) is 1.40. The molecule has 0 aromatic heterocycles. The molecule has 164 valence electrons. The zero-order chi connectivity index (χ0) is 22.4. The van der Waals surface area contributed by atoms with Crippen LogP contribution in [0.2, 0.25) is 0 Å². The van der Waals surface area contributed by atoms with Gasteiger partial charge in [-0.25, -0.2) is 8.78 Å². The Morgan fingerprint density at radius 1 is 0.806 bits per heavy atom. The van der Waals surface area contributed by atoms with E-state index in [0.29, 0.717) is 37.4 Å². The Morgan fingerprint density at radius 3 is 1.84 bits per heavy atom. The van der Waals surface area contributed by atoms with Gasteiger partial charge in [0.25, 0.3) is 11.8 Å². The summed E-state index contributed by atoms with van der Waals surface area (Å²) in [7, 11) is 3.10. The van der Waals surface area contributed by atoms with Crippen LogP contribution in [0.1, 0.15) is 11.1 Å². The van der Waals surface area contributed by atoms with E-state index in [0.717, 1.165) is 4.90 Å². The van der Waals surface area contributed by atoms with Gasteiger partial charge in [0.2, 0.25) is 0 Å². The predicted octanol–water partition coefficient (Wildman–Crippen LogP) is 2.84. The first kappa shape index (κ1) is 22.6. The van der Waals surface area contributed by atoms with Crippen molar-refractivity contribution >= 4 is 17.4 Å². The van der Waals surface area contributed by atoms with Crippen molar-refractivity contribution in [1.29, 1.82) is 0 Å². The summed E-state index contributed by atoms with van der Waals surface area (Å²) in [5.41, 5.74) is 1.46. The van der Waals surface area contributed by atoms with Gasteiger partial charge in [-0.3, -0.25) is 14.5 Å². The number of carbonyl (C=O) groups excluding carboxylic acids is 2. The first-order valence-electron chi connectivity index (χ1n) is 9.80. The summed E-state index contributed by atoms with van der Waals surface area (Å²) in [6, 6.07) is 11.0. The second-order valence-electron chi connectivity index (χ2n) is 7.03. The Labute approximate surface area is 179 Å². The zero-order valence-electron chi connectivity index (χ0n) is 17.4. The second-order valence-corrected chi connectivity index (χ2v) is 7.03. The van der Waals surface area contributed by atoms with Crippen molar-refractivity contribution < 1.29 is 27.8 Å². The van der Waals surface area contributed by atoms with Gasteiger partial charge in [-0.2, -0.15) is 0 Å². The lowest BCUT2D eigenvalue weighted by Gasteiger charge is -2.25. The summed E-state index contributed by atoms with van der Waals surface area (Å²) in [5.74, 6) is -1.81. The molecular formula is C23H24F2N2O4. The molecule has 2 amide bonds. The molecule has 0 bridgehead atoms. The van der Waals surface area contributed by atoms with Gasteiger partial charge in [0.1, 0.15) is 17.3 Å². The third-order valence-corrected chi connectivity index (χ3v) is 4.98. The number of halogens is 2. The van der Waals surface area contributed by atoms with Crippen molar-refractivity contribution in [2.75, 3.05) is 40.5 Å². The molecular weight excluding hydrogens is 406 g/mol. The molecule has 1 aliphatic rings. The van der Waals surface area contributed by atoms with Crippen LogP contribution in [-0.2, 0) is 25.6 Å². The van der Waals surface area contributed by atoms with E-state index in [9.17, 15) is 18.4 Å². The number of nitrogens with zero attached hydrogens (tertiary/aromatic N) is 2. The van der Waals surface area contributed by atoms with Crippen LogP contribution in [0.15, 0.2) is 54.2 Å². The molecule has 0 N–H and O–H groups in total. The number of benzene rings is 2. The summed E-state index contributed by atoms with van der Waals surface area (Å²) < 4.78 is 37.1. The van der Waals surface area contributed by atoms with E-state index in [-0.39, 0.29) is 17.8 Å². The predicted molar refractivity (Wildman–Crippen MR) is 111 cm³/mol. The van der Waals surface area contributed by atoms with E-state index in [1.54, 1.807) is 19.1 Å². The third-order valence-electron chi connectivity index (χ3n) is 4.98. The zero-order valence-corrected chi connectivity index (χ0v) is 17.4. The van der Waals surface area contributed by atoms with E-state index in [4.69, 9.17) is 9.47 Å². The monoisotopic (exact) mass is 430 g/mol. The molecule has 1 heterocycles. The lowest BCUT2D eigenvalue weighted by Crippen LogP contribution is -2.37. The number of ether oxygens (including phenoxy) is 2. The molecule has 31 heavy (non-hydrogen) atoms. The number of rotatable bonds is 10. The first-order valence-corrected chi connectivity index (χ1v) is 9.80. The largest absolute Gasteiger partial charge is 0.383 e. The normalized spacial score (nSPS) is 14.0. The maximum atomic E-state index is 13.5. The summed E-state index contributed by atoms with van der Waals surface area (Å²) in [6.07, 6.45) is 0. The molecule has 8 heteroatoms. The molecule has 6 nitrogen and oxygen atoms in total. The minimum absolute atomic E-state index is 0.00542. The molecule has 0 aliphatic carbocycles. The van der Waals surface area contributed by atoms with Crippen molar-refractivity contribution in [3.63, 3.8) is 0 Å². The van der Waals surface area contributed by atoms with E-state index in [2.05, 4.69) is 0 Å². The van der Waals surface area contributed by atoms with Gasteiger partial charge in [0.05, 0.1) is 25.3 Å². The Balaban J connectivity index is 2.02. The molecule has 0 saturated heterocycles. The molecule has 0 atom stereocenters. The summed E-state index contributed by atoms with van der Waals surface area (Å²) in [4.78, 5) is 29.6. The molecule has 0 spiro atoms. The average molecular weight is 430 g/mol. The number of methoxy groups -OCH3 is 2. The highest BCUT2D eigenvalue weighted by Crippen LogP contribution is 2.32. The van der Waals surface area contributed by atoms with Gasteiger partial charge in [-0.05, 0) is 35.4 Å². The van der Waals surface area contributed by atoms with Crippen molar-refractivity contribution in [1.82, 2.24) is 9.80 Å². The second kappa shape index (κ2) is 10.3. The fourth-order valence-corrected chi connectivity index (χ4v) is 3.39. The molecule has 3 rings (SSSR count). The molecule has 2 aromatic rings. The third kappa shape index (κ3) is 5.15. The van der Waals surface area contributed by atoms with Crippen molar-refractivity contribution in [3.8, 4) is 0 Å². The average Bonchev–Trinajstić information content (AvgIpc) is 3.01. The van der Waals surface area contributed by atoms with Crippen LogP contribution >= 0.6 is 0 Å². The Hall–Kier alpha value is -3.10. The number of imide groups is 1. The van der Waals surface area contributed by atoms with E-state index < -0.39 is 23.4 Å². The maximum Gasteiger partial charge on any atom is 0.278 e. The SMILES string of the molecule is COCCN(CCOC)C1=C(c2ccc(F)cc2)C(=O)N(Cc2ccc(F)cc2)C1=O. The number of carbonyl (C=O) groups is 2. The molecule has 0 saturated carbocycles. The van der Waals surface area contributed by atoms with Crippen LogP contribution in [-0.4, -0.2) is 62.1 Å². The van der Waals surface area contributed by atoms with Crippen LogP contribution in [0.25, 0.3) is 5.57 Å². The first-order chi connectivity index (χ1) is 15.0. The Kier molecular flexibility index (Phi) is 7.49. The Morgan fingerprint density at radius 2 is 1.32 bits per heavy atom. The molecule has 0 radical (unpaired) electrons. The van der Waals surface area contributed by atoms with Crippen molar-refractivity contribution in [3.05, 3.63) is 77.0 Å². The van der Waals surface area contributed by atoms with E-state index in [1.807, 2.05) is 0 Å². The highest BCUT2D eigenvalue weighted by atomic mass is 19.1. The standard InChI is InChI=1S/C23H24F2N2O4/c1-30-13-11-26(12-14-31-2)21-20(17-5-9-19(25)10-6-17)22(28)27(23(21)29)15-16-3-7-18(24)8-4-16/h3-10H,11-15H2,1-2H3. The van der Waals surface area contributed by atoms with Crippen LogP contribution in [0.5, 0.6) is 0 Å². The fourth-order valence-electron chi connectivity index (χ4n) is 3.39. The van der Waals surface area contributed by atoms with Crippen molar-refractivity contribution in [2.45, 2.75) is 6.54 Å². The molecule has 2 aromatic carbocycles. The van der Waals surface area contributed by atoms with Gasteiger partial charge >= 0.3 is 0 Å². The van der Waals surface area contributed by atoms with Gasteiger partial charge in [0, 0.05) is 27.3 Å². The quantitative estimate of drug-likeness (QED) is 0.543. The maximum absolute atomic E-state index is 13.5. The number of hydrogen-bond acceptors (Lipinski definition) is 5. The lowest BCUT2D eigenvalue weighted by atomic mass is 10.0. The van der Waals surface area contributed by atoms with E-state index >= 15 is 0 Å². The smallest absolute Gasteiger partial charge is 0.278 e. The van der Waals surface area contributed by atoms with E-state index in [1.165, 1.54) is 48.5 Å². The summed E-state index contributed by atoms with van der Waals surface area (Å²) >= 11 is 0. The van der Waals surface area contributed by atoms with Crippen LogP contribution < -0.4 is 0 Å². The lowest BCUT2D eigenvalue weighted by molar-refractivity contribution is -0.138. The van der Waals surface area contributed by atoms with Gasteiger partial charge in [-0.1, -0.05) is 24.3 Å². The minimum Gasteiger partial charge on any atom is -0.383 e.